The molecule has 1 aromatic carbocycles. The van der Waals surface area contributed by atoms with Gasteiger partial charge in [-0.2, -0.15) is 0 Å². The number of anilines is 1. The van der Waals surface area contributed by atoms with Gasteiger partial charge in [-0.15, -0.1) is 0 Å². The van der Waals surface area contributed by atoms with Gasteiger partial charge in [0, 0.05) is 38.1 Å². The summed E-state index contributed by atoms with van der Waals surface area (Å²) in [6.45, 7) is 6.47. The number of ether oxygens (including phenoxy) is 1. The van der Waals surface area contributed by atoms with E-state index in [1.165, 1.54) is 0 Å². The maximum absolute atomic E-state index is 13.0. The Labute approximate surface area is 168 Å². The van der Waals surface area contributed by atoms with Crippen molar-refractivity contribution in [3.05, 3.63) is 29.3 Å². The third-order valence-electron chi connectivity index (χ3n) is 6.62. The Bertz CT molecular complexity index is 702. The Morgan fingerprint density at radius 2 is 1.89 bits per heavy atom. The first-order valence-corrected chi connectivity index (χ1v) is 10.7. The second-order valence-electron chi connectivity index (χ2n) is 8.69. The predicted octanol–water partition coefficient (Wildman–Crippen LogP) is 4.40. The quantitative estimate of drug-likeness (QED) is 0.788. The number of amides is 2. The Morgan fingerprint density at radius 1 is 1.21 bits per heavy atom. The molecule has 0 atom stereocenters. The number of aryl methyl sites for hydroxylation is 1. The van der Waals surface area contributed by atoms with E-state index >= 15 is 0 Å². The third kappa shape index (κ3) is 4.57. The lowest BCUT2D eigenvalue weighted by molar-refractivity contribution is -0.126. The number of methoxy groups -OCH3 is 1. The molecule has 2 fully saturated rings. The van der Waals surface area contributed by atoms with Gasteiger partial charge in [0.2, 0.25) is 5.91 Å². The number of benzene rings is 1. The molecule has 0 aromatic heterocycles. The molecule has 1 aliphatic heterocycles. The van der Waals surface area contributed by atoms with Gasteiger partial charge in [0.15, 0.2) is 0 Å². The zero-order valence-corrected chi connectivity index (χ0v) is 17.6. The summed E-state index contributed by atoms with van der Waals surface area (Å²) in [7, 11) is 1.68. The van der Waals surface area contributed by atoms with Gasteiger partial charge in [0.1, 0.15) is 0 Å². The summed E-state index contributed by atoms with van der Waals surface area (Å²) in [6, 6.07) is 5.64. The normalized spacial score (nSPS) is 19.6. The first-order chi connectivity index (χ1) is 13.4. The molecular formula is C23H34N2O3. The van der Waals surface area contributed by atoms with Gasteiger partial charge in [-0.05, 0) is 68.7 Å². The molecule has 1 saturated heterocycles. The molecule has 2 aliphatic rings. The lowest BCUT2D eigenvalue weighted by Gasteiger charge is -2.30. The number of likely N-dealkylation sites (tertiary alicyclic amines) is 1. The average Bonchev–Trinajstić information content (AvgIpc) is 3.18. The molecule has 0 bridgehead atoms. The van der Waals surface area contributed by atoms with Crippen molar-refractivity contribution in [2.45, 2.75) is 58.8 Å². The van der Waals surface area contributed by atoms with Crippen molar-refractivity contribution in [3.63, 3.8) is 0 Å². The average molecular weight is 387 g/mol. The van der Waals surface area contributed by atoms with Gasteiger partial charge in [-0.3, -0.25) is 9.59 Å². The van der Waals surface area contributed by atoms with E-state index in [2.05, 4.69) is 12.2 Å². The molecule has 1 heterocycles. The lowest BCUT2D eigenvalue weighted by Crippen LogP contribution is -2.38. The van der Waals surface area contributed by atoms with Crippen LogP contribution in [0.1, 0.15) is 67.8 Å². The molecule has 0 unspecified atom stereocenters. The summed E-state index contributed by atoms with van der Waals surface area (Å²) < 4.78 is 5.24. The molecule has 0 spiro atoms. The van der Waals surface area contributed by atoms with Crippen LogP contribution in [0.3, 0.4) is 0 Å². The topological polar surface area (TPSA) is 58.6 Å². The highest BCUT2D eigenvalue weighted by Crippen LogP contribution is 2.42. The molecule has 3 rings (SSSR count). The van der Waals surface area contributed by atoms with E-state index in [1.807, 2.05) is 30.0 Å². The number of carbonyl (C=O) groups is 2. The van der Waals surface area contributed by atoms with Crippen molar-refractivity contribution in [2.24, 2.45) is 11.3 Å². The summed E-state index contributed by atoms with van der Waals surface area (Å²) in [4.78, 5) is 27.8. The number of nitrogens with one attached hydrogen (secondary N) is 1. The summed E-state index contributed by atoms with van der Waals surface area (Å²) in [5.41, 5.74) is 2.13. The number of rotatable bonds is 6. The molecule has 0 radical (unpaired) electrons. The molecule has 1 saturated carbocycles. The SMILES string of the molecule is COCCC1(C(=O)Nc2ccc(C(=O)N3CCC(C)CC3)cc2C)CCCC1. The zero-order valence-electron chi connectivity index (χ0n) is 17.6. The van der Waals surface area contributed by atoms with Crippen LogP contribution in [0.4, 0.5) is 5.69 Å². The highest BCUT2D eigenvalue weighted by molar-refractivity contribution is 5.98. The predicted molar refractivity (Wildman–Crippen MR) is 112 cm³/mol. The van der Waals surface area contributed by atoms with Gasteiger partial charge >= 0.3 is 0 Å². The van der Waals surface area contributed by atoms with Crippen LogP contribution in [0, 0.1) is 18.3 Å². The third-order valence-corrected chi connectivity index (χ3v) is 6.62. The van der Waals surface area contributed by atoms with Crippen molar-refractivity contribution >= 4 is 17.5 Å². The van der Waals surface area contributed by atoms with Crippen molar-refractivity contribution in [1.82, 2.24) is 4.90 Å². The first kappa shape index (κ1) is 20.8. The first-order valence-electron chi connectivity index (χ1n) is 10.7. The molecule has 5 nitrogen and oxygen atoms in total. The van der Waals surface area contributed by atoms with E-state index in [9.17, 15) is 9.59 Å². The number of piperidine rings is 1. The highest BCUT2D eigenvalue weighted by Gasteiger charge is 2.40. The van der Waals surface area contributed by atoms with Gasteiger partial charge in [0.25, 0.3) is 5.91 Å². The largest absolute Gasteiger partial charge is 0.385 e. The number of carbonyl (C=O) groups excluding carboxylic acids is 2. The van der Waals surface area contributed by atoms with Crippen LogP contribution in [0.25, 0.3) is 0 Å². The second-order valence-corrected chi connectivity index (χ2v) is 8.69. The van der Waals surface area contributed by atoms with Crippen LogP contribution < -0.4 is 5.32 Å². The molecule has 5 heteroatoms. The standard InChI is InChI=1S/C23H34N2O3/c1-17-8-13-25(14-9-17)21(26)19-6-7-20(18(2)16-19)24-22(27)23(12-15-28-3)10-4-5-11-23/h6-7,16-17H,4-5,8-15H2,1-3H3,(H,24,27). The Hall–Kier alpha value is -1.88. The summed E-state index contributed by atoms with van der Waals surface area (Å²) >= 11 is 0. The van der Waals surface area contributed by atoms with Crippen LogP contribution in [0.2, 0.25) is 0 Å². The van der Waals surface area contributed by atoms with E-state index < -0.39 is 0 Å². The van der Waals surface area contributed by atoms with Crippen LogP contribution in [-0.4, -0.2) is 43.5 Å². The van der Waals surface area contributed by atoms with Crippen LogP contribution in [-0.2, 0) is 9.53 Å². The zero-order chi connectivity index (χ0) is 20.1. The van der Waals surface area contributed by atoms with E-state index in [0.717, 1.165) is 69.3 Å². The van der Waals surface area contributed by atoms with Crippen molar-refractivity contribution in [1.29, 1.82) is 0 Å². The highest BCUT2D eigenvalue weighted by atomic mass is 16.5. The fraction of sp³-hybridized carbons (Fsp3) is 0.652. The Kier molecular flexibility index (Phi) is 6.76. The number of hydrogen-bond donors (Lipinski definition) is 1. The van der Waals surface area contributed by atoms with E-state index in [0.29, 0.717) is 18.1 Å². The molecule has 1 aromatic rings. The molecule has 154 valence electrons. The molecular weight excluding hydrogens is 352 g/mol. The fourth-order valence-electron chi connectivity index (χ4n) is 4.53. The fourth-order valence-corrected chi connectivity index (χ4v) is 4.53. The van der Waals surface area contributed by atoms with Crippen molar-refractivity contribution in [3.8, 4) is 0 Å². The summed E-state index contributed by atoms with van der Waals surface area (Å²) in [5, 5.41) is 3.13. The molecule has 1 aliphatic carbocycles. The number of nitrogens with zero attached hydrogens (tertiary/aromatic N) is 1. The molecule has 2 amide bonds. The maximum Gasteiger partial charge on any atom is 0.253 e. The molecule has 1 N–H and O–H groups in total. The van der Waals surface area contributed by atoms with Gasteiger partial charge in [-0.25, -0.2) is 0 Å². The van der Waals surface area contributed by atoms with Gasteiger partial charge in [-0.1, -0.05) is 19.8 Å². The van der Waals surface area contributed by atoms with Crippen LogP contribution in [0.15, 0.2) is 18.2 Å². The van der Waals surface area contributed by atoms with Gasteiger partial charge in [0.05, 0.1) is 5.41 Å². The molecule has 28 heavy (non-hydrogen) atoms. The monoisotopic (exact) mass is 386 g/mol. The lowest BCUT2D eigenvalue weighted by atomic mass is 9.82. The smallest absolute Gasteiger partial charge is 0.253 e. The summed E-state index contributed by atoms with van der Waals surface area (Å²) in [5.74, 6) is 0.888. The number of hydrogen-bond acceptors (Lipinski definition) is 3. The van der Waals surface area contributed by atoms with Crippen LogP contribution >= 0.6 is 0 Å². The van der Waals surface area contributed by atoms with E-state index in [1.54, 1.807) is 7.11 Å². The van der Waals surface area contributed by atoms with E-state index in [-0.39, 0.29) is 17.2 Å². The van der Waals surface area contributed by atoms with Crippen molar-refractivity contribution < 1.29 is 14.3 Å². The van der Waals surface area contributed by atoms with Crippen molar-refractivity contribution in [2.75, 3.05) is 32.1 Å². The van der Waals surface area contributed by atoms with Crippen LogP contribution in [0.5, 0.6) is 0 Å². The second kappa shape index (κ2) is 9.08. The minimum absolute atomic E-state index is 0.0919. The maximum atomic E-state index is 13.0. The summed E-state index contributed by atoms with van der Waals surface area (Å²) in [6.07, 6.45) is 6.94. The Morgan fingerprint density at radius 3 is 2.50 bits per heavy atom. The van der Waals surface area contributed by atoms with Gasteiger partial charge < -0.3 is 15.0 Å². The minimum atomic E-state index is -0.318. The Balaban J connectivity index is 1.68. The minimum Gasteiger partial charge on any atom is -0.385 e. The van der Waals surface area contributed by atoms with E-state index in [4.69, 9.17) is 4.74 Å².